The molecule has 8 rings (SSSR count). The van der Waals surface area contributed by atoms with Gasteiger partial charge in [-0.05, 0) is 105 Å². The zero-order chi connectivity index (χ0) is 101. The quantitative estimate of drug-likeness (QED) is 0.0171. The van der Waals surface area contributed by atoms with Crippen molar-refractivity contribution < 1.29 is 153 Å². The number of carboxylic acid groups (broad SMARTS) is 4. The van der Waals surface area contributed by atoms with Crippen molar-refractivity contribution in [3.63, 3.8) is 0 Å². The summed E-state index contributed by atoms with van der Waals surface area (Å²) in [6, 6.07) is 16.4. The number of hydrogen-bond acceptors (Lipinski definition) is 28. The maximum absolute atomic E-state index is 15.3. The summed E-state index contributed by atoms with van der Waals surface area (Å²) in [5.41, 5.74) is 3.50. The first-order valence-electron chi connectivity index (χ1n) is 45.7. The van der Waals surface area contributed by atoms with E-state index in [1.54, 1.807) is 39.0 Å². The van der Waals surface area contributed by atoms with Crippen LogP contribution in [0, 0.1) is 23.2 Å². The number of para-hydroxylation sites is 2. The highest BCUT2D eigenvalue weighted by atomic mass is 16.5. The SMILES string of the molecule is CN(C)c1ccc2c(c1)OC1=C(C=CC(=[N+](C)C)C1)C2c1ccc(C(=O)NCCCC[C@H](CC(=O)[C@@H](CCC(=O)NC[C@H](O)[C@@H](O)[C@H](O)[C@H](O)CO)NC(=O)[C@@H](CCC(=O)O)CC(=O)[C@@H](CCC(=O)NC[C@H](O)[C@@H](O)[C@H](O)[C@H](O)CO)N(C)C(=O)[C@@H](CCC(=O)O)CC(=O)c2cccc(NC(=O)N[C@@H]3CN(C4CCCCC4)c4ccccc4N(CC(=O)C(C)(C)C)C3=O)c2)C(=O)O)cc1C(=O)O. The summed E-state index contributed by atoms with van der Waals surface area (Å²) in [7, 11) is 8.54. The maximum atomic E-state index is 15.3. The molecule has 8 amide bonds. The van der Waals surface area contributed by atoms with E-state index >= 15 is 9.59 Å². The number of benzene rings is 4. The van der Waals surface area contributed by atoms with Crippen LogP contribution in [-0.4, -0.2) is 329 Å². The third kappa shape index (κ3) is 30.8. The number of carbonyl (C=O) groups is 15. The average Bonchev–Trinajstić information content (AvgIpc) is 1.21. The lowest BCUT2D eigenvalue weighted by Gasteiger charge is -2.37. The van der Waals surface area contributed by atoms with E-state index in [0.29, 0.717) is 40.4 Å². The fourth-order valence-electron chi connectivity index (χ4n) is 16.9. The van der Waals surface area contributed by atoms with Crippen LogP contribution in [0.25, 0.3) is 0 Å². The summed E-state index contributed by atoms with van der Waals surface area (Å²) < 4.78 is 8.44. The number of allylic oxidation sites excluding steroid dienone is 4. The normalized spacial score (nSPS) is 17.7. The number of amides is 8. The number of aliphatic hydroxyl groups excluding tert-OH is 10. The van der Waals surface area contributed by atoms with Crippen molar-refractivity contribution in [3.05, 3.63) is 136 Å². The maximum Gasteiger partial charge on any atom is 0.336 e. The molecule has 748 valence electrons. The standard InChI is InChI=1S/C96H129N11O30/c1-96(2,3)79(117)49-107-68-23-13-12-22-67(68)106(58-20-10-9-11-21-58)48-66(92(107)131)102-95(136)100-57-19-16-18-52(39-57)70(110)42-55(26-37-83(122)123)91(130)105(8)69(33-35-81(119)99-47-74(114)86(125)88(127)76(116)51-109)72(112)41-54(25-36-82(120)121)90(129)101-65(32-34-80(118)98-46-73(113)85(124)87(126)75(115)50-108)71(111)43-56(93(132)133)17-14-15-38-97-89(128)53-24-29-61(64(40-53)94(134)135)84-62-30-27-59(103(4)5)44-77(62)137-78-45-60(104(6)7)28-31-63(78)84/h12-13,16,18-19,22-24,27-31,39-40,44,54-56,58,65-66,69,73-76,84-88,108-109,113-116,124-127H,9-11,14-15,17,20-21,25-26,32-38,41-43,45-51H2,1-8H3,(H9-,97,98,99,100,101,102,118,119,120,121,122,123,128,129,132,133,134,135,136)/p+1/t54-,55-,56+,65+,66+,69+,73-,74-,75+,76+,84?,85+,86+,87+,88+/m0/s1. The second kappa shape index (κ2) is 51.2. The van der Waals surface area contributed by atoms with Gasteiger partial charge < -0.3 is 128 Å². The molecular weight excluding hydrogens is 1790 g/mol. The topological polar surface area (TPSA) is 637 Å². The minimum absolute atomic E-state index is 0.000207. The van der Waals surface area contributed by atoms with Crippen LogP contribution in [0.15, 0.2) is 108 Å². The molecule has 1 fully saturated rings. The van der Waals surface area contributed by atoms with E-state index in [-0.39, 0.29) is 73.1 Å². The van der Waals surface area contributed by atoms with Gasteiger partial charge in [-0.2, -0.15) is 0 Å². The number of unbranched alkanes of at least 4 members (excludes halogenated alkanes) is 1. The molecule has 0 aromatic heterocycles. The van der Waals surface area contributed by atoms with E-state index in [0.717, 1.165) is 61.0 Å². The Kier molecular flexibility index (Phi) is 41.1. The number of fused-ring (bicyclic) bond motifs is 2. The monoisotopic (exact) mass is 1920 g/mol. The molecule has 0 radical (unpaired) electrons. The average molecular weight is 1920 g/mol. The van der Waals surface area contributed by atoms with Gasteiger partial charge in [0.25, 0.3) is 11.8 Å². The molecular formula is C96H130N11O30+. The number of aromatic carboxylic acids is 1. The molecule has 15 atom stereocenters. The van der Waals surface area contributed by atoms with Crippen LogP contribution in [0.2, 0.25) is 0 Å². The number of rotatable bonds is 52. The Bertz CT molecular complexity index is 5120. The van der Waals surface area contributed by atoms with Gasteiger partial charge in [0.1, 0.15) is 68.3 Å². The minimum atomic E-state index is -2.17. The lowest BCUT2D eigenvalue weighted by atomic mass is 9.77. The smallest absolute Gasteiger partial charge is 0.336 e. The Hall–Kier alpha value is -12.3. The fraction of sp³-hybridized carbons (Fsp3) is 0.542. The molecule has 41 heteroatoms. The second-order valence-corrected chi connectivity index (χ2v) is 36.6. The van der Waals surface area contributed by atoms with Crippen LogP contribution in [0.4, 0.5) is 27.5 Å². The molecule has 4 aromatic carbocycles. The van der Waals surface area contributed by atoms with Gasteiger partial charge >= 0.3 is 29.9 Å². The summed E-state index contributed by atoms with van der Waals surface area (Å²) in [5, 5.41) is 158. The number of nitrogens with one attached hydrogen (secondary N) is 6. The van der Waals surface area contributed by atoms with Gasteiger partial charge in [0.2, 0.25) is 23.6 Å². The summed E-state index contributed by atoms with van der Waals surface area (Å²) in [5.74, 6) is -19.4. The molecule has 137 heavy (non-hydrogen) atoms. The van der Waals surface area contributed by atoms with Gasteiger partial charge in [0.05, 0.1) is 73.3 Å². The molecule has 4 aromatic rings. The number of urea groups is 1. The van der Waals surface area contributed by atoms with E-state index < -0.39 is 276 Å². The Morgan fingerprint density at radius 3 is 1.77 bits per heavy atom. The number of carboxylic acids is 4. The Morgan fingerprint density at radius 2 is 1.18 bits per heavy atom. The van der Waals surface area contributed by atoms with Crippen LogP contribution < -0.4 is 51.3 Å². The highest BCUT2D eigenvalue weighted by Gasteiger charge is 2.44. The van der Waals surface area contributed by atoms with Crippen LogP contribution in [0.3, 0.4) is 0 Å². The predicted molar refractivity (Wildman–Crippen MR) is 496 cm³/mol. The Morgan fingerprint density at radius 1 is 0.591 bits per heavy atom. The zero-order valence-corrected chi connectivity index (χ0v) is 78.1. The summed E-state index contributed by atoms with van der Waals surface area (Å²) in [6.07, 6.45) is -16.9. The van der Waals surface area contributed by atoms with Crippen molar-refractivity contribution in [2.24, 2.45) is 23.2 Å². The molecule has 41 nitrogen and oxygen atoms in total. The first-order chi connectivity index (χ1) is 64.7. The van der Waals surface area contributed by atoms with Crippen molar-refractivity contribution in [3.8, 4) is 5.75 Å². The molecule has 2 aliphatic carbocycles. The summed E-state index contributed by atoms with van der Waals surface area (Å²) in [6.45, 7) is 0.973. The highest BCUT2D eigenvalue weighted by molar-refractivity contribution is 6.09. The van der Waals surface area contributed by atoms with Crippen LogP contribution in [-0.2, 0) is 52.7 Å². The van der Waals surface area contributed by atoms with Gasteiger partial charge in [-0.3, -0.25) is 62.3 Å². The fourth-order valence-corrected chi connectivity index (χ4v) is 16.9. The minimum Gasteiger partial charge on any atom is -0.481 e. The number of hydrogen-bond donors (Lipinski definition) is 20. The van der Waals surface area contributed by atoms with Gasteiger partial charge in [0, 0.05) is 167 Å². The van der Waals surface area contributed by atoms with E-state index in [1.807, 2.05) is 80.1 Å². The molecule has 1 unspecified atom stereocenters. The largest absolute Gasteiger partial charge is 0.481 e. The third-order valence-corrected chi connectivity index (χ3v) is 25.2. The first-order valence-corrected chi connectivity index (χ1v) is 45.7. The van der Waals surface area contributed by atoms with Crippen molar-refractivity contribution in [1.29, 1.82) is 0 Å². The number of likely N-dealkylation sites (N-methyl/N-ethyl adjacent to an activating group) is 1. The van der Waals surface area contributed by atoms with Gasteiger partial charge in [-0.25, -0.2) is 14.2 Å². The number of ether oxygens (including phenoxy) is 1. The summed E-state index contributed by atoms with van der Waals surface area (Å²) >= 11 is 0. The van der Waals surface area contributed by atoms with Crippen molar-refractivity contribution in [2.75, 3.05) is 101 Å². The molecule has 0 saturated heterocycles. The number of Topliss-reactive ketones (excluding diaryl/α,β-unsaturated/α-hetero) is 4. The van der Waals surface area contributed by atoms with Gasteiger partial charge in [0.15, 0.2) is 28.8 Å². The zero-order valence-electron chi connectivity index (χ0n) is 78.1. The number of nitrogens with zero attached hydrogens (tertiary/aromatic N) is 5. The van der Waals surface area contributed by atoms with E-state index in [4.69, 9.17) is 4.74 Å². The number of aliphatic hydroxyl groups is 10. The molecule has 1 saturated carbocycles. The van der Waals surface area contributed by atoms with Crippen LogP contribution in [0.5, 0.6) is 5.75 Å². The van der Waals surface area contributed by atoms with Crippen molar-refractivity contribution in [1.82, 2.24) is 31.5 Å². The van der Waals surface area contributed by atoms with Crippen molar-refractivity contribution >= 4 is 117 Å². The molecule has 2 aliphatic heterocycles. The molecule has 0 bridgehead atoms. The Balaban J connectivity index is 1.02. The lowest BCUT2D eigenvalue weighted by molar-refractivity contribution is -0.464. The van der Waals surface area contributed by atoms with Gasteiger partial charge in [-0.1, -0.05) is 82.9 Å². The summed E-state index contributed by atoms with van der Waals surface area (Å²) in [4.78, 5) is 216. The predicted octanol–water partition coefficient (Wildman–Crippen LogP) is 1.92. The van der Waals surface area contributed by atoms with E-state index in [1.165, 1.54) is 41.3 Å². The highest BCUT2D eigenvalue weighted by Crippen LogP contribution is 2.48. The van der Waals surface area contributed by atoms with E-state index in [2.05, 4.69) is 36.8 Å². The molecule has 2 heterocycles. The molecule has 4 aliphatic rings. The van der Waals surface area contributed by atoms with Gasteiger partial charge in [-0.15, -0.1) is 0 Å². The second-order valence-electron chi connectivity index (χ2n) is 36.6. The lowest BCUT2D eigenvalue weighted by Crippen LogP contribution is -2.55. The van der Waals surface area contributed by atoms with Crippen molar-refractivity contribution in [2.45, 2.75) is 228 Å². The molecule has 0 spiro atoms. The van der Waals surface area contributed by atoms with E-state index in [9.17, 15) is 134 Å². The number of aliphatic carboxylic acids is 3. The van der Waals surface area contributed by atoms with Crippen LogP contribution >= 0.6 is 0 Å². The number of carbonyl (C=O) groups excluding carboxylic acids is 11. The Labute approximate surface area is 792 Å². The third-order valence-electron chi connectivity index (χ3n) is 25.2. The number of ketones is 4. The van der Waals surface area contributed by atoms with Crippen LogP contribution in [0.1, 0.15) is 197 Å². The molecule has 20 N–H and O–H groups in total. The number of anilines is 4. The first kappa shape index (κ1) is 110.